The van der Waals surface area contributed by atoms with Gasteiger partial charge in [0.15, 0.2) is 5.69 Å². The van der Waals surface area contributed by atoms with Crippen molar-refractivity contribution in [1.29, 1.82) is 0 Å². The van der Waals surface area contributed by atoms with Gasteiger partial charge in [0.2, 0.25) is 5.43 Å². The molecule has 0 aliphatic carbocycles. The molecule has 1 amide bonds. The molecule has 2 N–H and O–H groups in total. The first-order chi connectivity index (χ1) is 11.6. The lowest BCUT2D eigenvalue weighted by molar-refractivity contribution is 0.0945. The normalized spacial score (nSPS) is 10.6. The molecule has 2 rings (SSSR count). The predicted molar refractivity (Wildman–Crippen MR) is 91.6 cm³/mol. The first-order valence-corrected chi connectivity index (χ1v) is 7.77. The van der Waals surface area contributed by atoms with Crippen molar-refractivity contribution in [2.24, 2.45) is 0 Å². The summed E-state index contributed by atoms with van der Waals surface area (Å²) in [5.41, 5.74) is 0.972. The van der Waals surface area contributed by atoms with Gasteiger partial charge in [0.25, 0.3) is 5.91 Å². The Hall–Kier alpha value is -2.51. The minimum absolute atomic E-state index is 0.110. The third kappa shape index (κ3) is 4.74. The van der Waals surface area contributed by atoms with E-state index in [1.165, 1.54) is 6.07 Å². The van der Waals surface area contributed by atoms with E-state index in [4.69, 9.17) is 4.74 Å². The van der Waals surface area contributed by atoms with Crippen LogP contribution in [0.5, 0.6) is 0 Å². The minimum atomic E-state index is -0.474. The predicted octanol–water partition coefficient (Wildman–Crippen LogP) is 0.507. The van der Waals surface area contributed by atoms with Crippen LogP contribution in [0.4, 0.5) is 0 Å². The minimum Gasteiger partial charge on any atom is -0.383 e. The third-order valence-electron chi connectivity index (χ3n) is 3.39. The van der Waals surface area contributed by atoms with Gasteiger partial charge in [0, 0.05) is 38.5 Å². The lowest BCUT2D eigenvalue weighted by Crippen LogP contribution is -2.36. The average molecular weight is 330 g/mol. The number of methoxy groups -OCH3 is 1. The number of rotatable bonds is 8. The second kappa shape index (κ2) is 8.95. The Labute approximate surface area is 140 Å². The van der Waals surface area contributed by atoms with Crippen molar-refractivity contribution < 1.29 is 9.53 Å². The van der Waals surface area contributed by atoms with Crippen LogP contribution in [0.2, 0.25) is 0 Å². The largest absolute Gasteiger partial charge is 0.383 e. The summed E-state index contributed by atoms with van der Waals surface area (Å²) in [7, 11) is 1.63. The number of para-hydroxylation sites is 1. The first kappa shape index (κ1) is 17.8. The molecule has 0 unspecified atom stereocenters. The zero-order chi connectivity index (χ0) is 17.4. The van der Waals surface area contributed by atoms with Gasteiger partial charge in [0.05, 0.1) is 12.3 Å². The van der Waals surface area contributed by atoms with Crippen LogP contribution in [0, 0.1) is 6.92 Å². The molecular formula is C17H22N4O3. The number of nitrogens with zero attached hydrogens (tertiary/aromatic N) is 2. The summed E-state index contributed by atoms with van der Waals surface area (Å²) in [5.74, 6) is -0.474. The van der Waals surface area contributed by atoms with Gasteiger partial charge >= 0.3 is 0 Å². The Balaban J connectivity index is 2.07. The van der Waals surface area contributed by atoms with E-state index < -0.39 is 5.91 Å². The van der Waals surface area contributed by atoms with E-state index in [9.17, 15) is 9.59 Å². The molecule has 0 radical (unpaired) electrons. The summed E-state index contributed by atoms with van der Waals surface area (Å²) in [6.45, 7) is 4.09. The van der Waals surface area contributed by atoms with E-state index in [0.29, 0.717) is 31.9 Å². The maximum atomic E-state index is 12.2. The molecule has 1 aromatic heterocycles. The number of amides is 1. The molecule has 2 aromatic rings. The third-order valence-corrected chi connectivity index (χ3v) is 3.39. The van der Waals surface area contributed by atoms with Gasteiger partial charge in [-0.25, -0.2) is 4.68 Å². The summed E-state index contributed by atoms with van der Waals surface area (Å²) in [6.07, 6.45) is 0. The smallest absolute Gasteiger partial charge is 0.275 e. The standard InChI is InChI=1S/C17H22N4O3/c1-13-12-15(22)16(17(23)19-9-8-18-10-11-24-2)20-21(13)14-6-4-3-5-7-14/h3-7,12,18H,8-11H2,1-2H3,(H,19,23). The van der Waals surface area contributed by atoms with Crippen molar-refractivity contribution in [3.05, 3.63) is 58.0 Å². The molecule has 0 atom stereocenters. The molecule has 0 saturated carbocycles. The highest BCUT2D eigenvalue weighted by atomic mass is 16.5. The molecule has 0 bridgehead atoms. The lowest BCUT2D eigenvalue weighted by Gasteiger charge is -2.11. The Morgan fingerprint density at radius 3 is 2.67 bits per heavy atom. The van der Waals surface area contributed by atoms with Crippen LogP contribution in [0.15, 0.2) is 41.2 Å². The molecule has 24 heavy (non-hydrogen) atoms. The number of hydrogen-bond donors (Lipinski definition) is 2. The molecular weight excluding hydrogens is 308 g/mol. The van der Waals surface area contributed by atoms with Crippen LogP contribution < -0.4 is 16.1 Å². The van der Waals surface area contributed by atoms with Crippen LogP contribution in [0.3, 0.4) is 0 Å². The van der Waals surface area contributed by atoms with E-state index in [0.717, 1.165) is 5.69 Å². The molecule has 128 valence electrons. The fourth-order valence-electron chi connectivity index (χ4n) is 2.18. The number of carbonyl (C=O) groups is 1. The number of ether oxygens (including phenoxy) is 1. The molecule has 0 aliphatic rings. The Morgan fingerprint density at radius 1 is 1.21 bits per heavy atom. The molecule has 0 saturated heterocycles. The summed E-state index contributed by atoms with van der Waals surface area (Å²) < 4.78 is 6.51. The van der Waals surface area contributed by atoms with Crippen LogP contribution in [-0.4, -0.2) is 49.0 Å². The molecule has 1 aromatic carbocycles. The molecule has 7 nitrogen and oxygen atoms in total. The van der Waals surface area contributed by atoms with Crippen molar-refractivity contribution in [3.8, 4) is 5.69 Å². The highest BCUT2D eigenvalue weighted by molar-refractivity contribution is 5.92. The molecule has 0 fully saturated rings. The van der Waals surface area contributed by atoms with Crippen molar-refractivity contribution in [2.75, 3.05) is 33.4 Å². The van der Waals surface area contributed by atoms with E-state index in [2.05, 4.69) is 15.7 Å². The van der Waals surface area contributed by atoms with Gasteiger partial charge in [-0.1, -0.05) is 18.2 Å². The molecule has 0 aliphatic heterocycles. The fraction of sp³-hybridized carbons (Fsp3) is 0.353. The number of nitrogens with one attached hydrogen (secondary N) is 2. The van der Waals surface area contributed by atoms with Crippen molar-refractivity contribution in [3.63, 3.8) is 0 Å². The second-order valence-corrected chi connectivity index (χ2v) is 5.24. The number of aromatic nitrogens is 2. The Morgan fingerprint density at radius 2 is 1.96 bits per heavy atom. The SMILES string of the molecule is COCCNCCNC(=O)c1nn(-c2ccccc2)c(C)cc1=O. The zero-order valence-corrected chi connectivity index (χ0v) is 13.9. The highest BCUT2D eigenvalue weighted by Gasteiger charge is 2.14. The summed E-state index contributed by atoms with van der Waals surface area (Å²) >= 11 is 0. The van der Waals surface area contributed by atoms with Crippen LogP contribution in [0.25, 0.3) is 5.69 Å². The zero-order valence-electron chi connectivity index (χ0n) is 13.9. The highest BCUT2D eigenvalue weighted by Crippen LogP contribution is 2.07. The molecule has 7 heteroatoms. The first-order valence-electron chi connectivity index (χ1n) is 7.77. The number of benzene rings is 1. The van der Waals surface area contributed by atoms with Crippen LogP contribution >= 0.6 is 0 Å². The fourth-order valence-corrected chi connectivity index (χ4v) is 2.18. The summed E-state index contributed by atoms with van der Waals surface area (Å²) in [5, 5.41) is 10.0. The second-order valence-electron chi connectivity index (χ2n) is 5.24. The van der Waals surface area contributed by atoms with Gasteiger partial charge in [-0.15, -0.1) is 0 Å². The summed E-state index contributed by atoms with van der Waals surface area (Å²) in [4.78, 5) is 24.3. The number of aryl methyl sites for hydroxylation is 1. The Bertz CT molecular complexity index is 728. The van der Waals surface area contributed by atoms with Crippen molar-refractivity contribution in [2.45, 2.75) is 6.92 Å². The van der Waals surface area contributed by atoms with Gasteiger partial charge < -0.3 is 15.4 Å². The van der Waals surface area contributed by atoms with Gasteiger partial charge in [0.1, 0.15) is 0 Å². The van der Waals surface area contributed by atoms with Crippen LogP contribution in [-0.2, 0) is 4.74 Å². The molecule has 0 spiro atoms. The van der Waals surface area contributed by atoms with Gasteiger partial charge in [-0.3, -0.25) is 9.59 Å². The van der Waals surface area contributed by atoms with E-state index in [-0.39, 0.29) is 11.1 Å². The maximum absolute atomic E-state index is 12.2. The monoisotopic (exact) mass is 330 g/mol. The topological polar surface area (TPSA) is 85.2 Å². The van der Waals surface area contributed by atoms with E-state index in [1.54, 1.807) is 18.7 Å². The van der Waals surface area contributed by atoms with E-state index in [1.807, 2.05) is 30.3 Å². The van der Waals surface area contributed by atoms with Gasteiger partial charge in [-0.2, -0.15) is 5.10 Å². The maximum Gasteiger partial charge on any atom is 0.275 e. The average Bonchev–Trinajstić information content (AvgIpc) is 2.58. The van der Waals surface area contributed by atoms with Gasteiger partial charge in [-0.05, 0) is 19.1 Å². The lowest BCUT2D eigenvalue weighted by atomic mass is 10.2. The van der Waals surface area contributed by atoms with E-state index >= 15 is 0 Å². The molecule has 1 heterocycles. The quantitative estimate of drug-likeness (QED) is 0.689. The summed E-state index contributed by atoms with van der Waals surface area (Å²) in [6, 6.07) is 10.8. The number of hydrogen-bond acceptors (Lipinski definition) is 5. The number of carbonyl (C=O) groups excluding carboxylic acids is 1. The Kier molecular flexibility index (Phi) is 6.65. The van der Waals surface area contributed by atoms with Crippen molar-refractivity contribution in [1.82, 2.24) is 20.4 Å². The van der Waals surface area contributed by atoms with Crippen molar-refractivity contribution >= 4 is 5.91 Å². The van der Waals surface area contributed by atoms with Crippen LogP contribution in [0.1, 0.15) is 16.2 Å².